The third-order valence-electron chi connectivity index (χ3n) is 4.81. The van der Waals surface area contributed by atoms with Gasteiger partial charge in [0.2, 0.25) is 0 Å². The second kappa shape index (κ2) is 4.47. The molecule has 21 heavy (non-hydrogen) atoms. The summed E-state index contributed by atoms with van der Waals surface area (Å²) in [6.45, 7) is 0.0911. The van der Waals surface area contributed by atoms with Crippen molar-refractivity contribution in [3.05, 3.63) is 35.9 Å². The number of alkyl halides is 3. The van der Waals surface area contributed by atoms with E-state index in [-0.39, 0.29) is 25.9 Å². The first-order valence-electron chi connectivity index (χ1n) is 6.81. The van der Waals surface area contributed by atoms with Gasteiger partial charge in [0.15, 0.2) is 0 Å². The summed E-state index contributed by atoms with van der Waals surface area (Å²) >= 11 is 0. The predicted octanol–water partition coefficient (Wildman–Crippen LogP) is 2.79. The maximum atomic E-state index is 12.8. The maximum Gasteiger partial charge on any atom is 0.394 e. The van der Waals surface area contributed by atoms with E-state index in [1.807, 2.05) is 18.2 Å². The Kier molecular flexibility index (Phi) is 3.06. The topological polar surface area (TPSA) is 52.3 Å². The Labute approximate surface area is 120 Å². The summed E-state index contributed by atoms with van der Waals surface area (Å²) in [7, 11) is 0. The molecule has 0 saturated heterocycles. The largest absolute Gasteiger partial charge is 0.460 e. The lowest BCUT2D eigenvalue weighted by atomic mass is 9.33. The number of esters is 1. The molecule has 0 spiro atoms. The van der Waals surface area contributed by atoms with Crippen molar-refractivity contribution in [2.24, 2.45) is 16.6 Å². The lowest BCUT2D eigenvalue weighted by Crippen LogP contribution is -2.74. The predicted molar refractivity (Wildman–Crippen MR) is 69.0 cm³/mol. The molecule has 0 heterocycles. The number of carbonyl (C=O) groups is 1. The Balaban J connectivity index is 1.54. The van der Waals surface area contributed by atoms with Gasteiger partial charge in [-0.2, -0.15) is 13.2 Å². The van der Waals surface area contributed by atoms with Gasteiger partial charge in [-0.05, 0) is 30.2 Å². The van der Waals surface area contributed by atoms with Crippen LogP contribution >= 0.6 is 0 Å². The molecular weight excluding hydrogens is 283 g/mol. The third kappa shape index (κ3) is 2.12. The van der Waals surface area contributed by atoms with Crippen LogP contribution in [0.5, 0.6) is 0 Å². The Hall–Kier alpha value is -1.56. The molecule has 0 aromatic heterocycles. The molecule has 6 heteroatoms. The zero-order valence-corrected chi connectivity index (χ0v) is 11.3. The average Bonchev–Trinajstić information content (AvgIpc) is 2.32. The molecule has 2 N–H and O–H groups in total. The van der Waals surface area contributed by atoms with Gasteiger partial charge < -0.3 is 10.5 Å². The Bertz CT molecular complexity index is 536. The highest BCUT2D eigenvalue weighted by Crippen LogP contribution is 2.79. The molecule has 3 aliphatic carbocycles. The van der Waals surface area contributed by atoms with Crippen LogP contribution in [0, 0.1) is 10.8 Å². The van der Waals surface area contributed by atoms with Gasteiger partial charge in [0.1, 0.15) is 12.6 Å². The molecule has 2 bridgehead atoms. The van der Waals surface area contributed by atoms with Crippen molar-refractivity contribution in [1.82, 2.24) is 0 Å². The van der Waals surface area contributed by atoms with Crippen LogP contribution in [0.4, 0.5) is 13.2 Å². The lowest BCUT2D eigenvalue weighted by molar-refractivity contribution is -0.366. The van der Waals surface area contributed by atoms with E-state index in [2.05, 4.69) is 0 Å². The molecule has 3 nitrogen and oxygen atoms in total. The molecule has 0 amide bonds. The molecule has 0 radical (unpaired) electrons. The normalized spacial score (nSPS) is 31.8. The Morgan fingerprint density at radius 1 is 1.24 bits per heavy atom. The van der Waals surface area contributed by atoms with Crippen LogP contribution in [-0.4, -0.2) is 18.2 Å². The number of halogens is 3. The Morgan fingerprint density at radius 3 is 2.33 bits per heavy atom. The van der Waals surface area contributed by atoms with Gasteiger partial charge in [0.05, 0.1) is 5.41 Å². The van der Waals surface area contributed by atoms with Crippen molar-refractivity contribution in [2.45, 2.75) is 38.1 Å². The first-order chi connectivity index (χ1) is 9.78. The maximum absolute atomic E-state index is 12.8. The van der Waals surface area contributed by atoms with Gasteiger partial charge in [0, 0.05) is 0 Å². The van der Waals surface area contributed by atoms with E-state index in [4.69, 9.17) is 10.5 Å². The monoisotopic (exact) mass is 299 g/mol. The molecule has 1 aromatic rings. The number of ether oxygens (including phenoxy) is 1. The number of hydrogen-bond acceptors (Lipinski definition) is 3. The van der Waals surface area contributed by atoms with Gasteiger partial charge in [-0.3, -0.25) is 4.79 Å². The second-order valence-electron chi connectivity index (χ2n) is 6.24. The summed E-state index contributed by atoms with van der Waals surface area (Å²) in [5.41, 5.74) is 4.34. The number of nitrogens with two attached hydrogens (primary N) is 1. The van der Waals surface area contributed by atoms with Gasteiger partial charge in [-0.1, -0.05) is 30.3 Å². The van der Waals surface area contributed by atoms with Crippen LogP contribution in [0.2, 0.25) is 0 Å². The highest BCUT2D eigenvalue weighted by atomic mass is 19.4. The highest BCUT2D eigenvalue weighted by molar-refractivity contribution is 5.77. The smallest absolute Gasteiger partial charge is 0.394 e. The summed E-state index contributed by atoms with van der Waals surface area (Å²) in [4.78, 5) is 11.9. The molecule has 0 unspecified atom stereocenters. The van der Waals surface area contributed by atoms with E-state index in [9.17, 15) is 18.0 Å². The molecule has 3 aliphatic rings. The minimum atomic E-state index is -4.19. The highest BCUT2D eigenvalue weighted by Gasteiger charge is 2.80. The molecule has 0 aliphatic heterocycles. The van der Waals surface area contributed by atoms with Crippen LogP contribution in [0.3, 0.4) is 0 Å². The molecule has 114 valence electrons. The van der Waals surface area contributed by atoms with Crippen LogP contribution < -0.4 is 5.73 Å². The van der Waals surface area contributed by atoms with Gasteiger partial charge in [0.25, 0.3) is 0 Å². The van der Waals surface area contributed by atoms with Crippen LogP contribution in [0.1, 0.15) is 24.8 Å². The minimum absolute atomic E-state index is 0.0505. The van der Waals surface area contributed by atoms with Crippen molar-refractivity contribution in [2.75, 3.05) is 0 Å². The first kappa shape index (κ1) is 14.4. The van der Waals surface area contributed by atoms with E-state index >= 15 is 0 Å². The van der Waals surface area contributed by atoms with Crippen molar-refractivity contribution >= 4 is 5.97 Å². The molecule has 3 saturated carbocycles. The van der Waals surface area contributed by atoms with E-state index in [1.54, 1.807) is 12.1 Å². The van der Waals surface area contributed by atoms with Gasteiger partial charge >= 0.3 is 12.1 Å². The molecule has 1 aromatic carbocycles. The molecule has 3 fully saturated rings. The quantitative estimate of drug-likeness (QED) is 0.870. The zero-order chi connectivity index (χ0) is 15.3. The average molecular weight is 299 g/mol. The fourth-order valence-electron chi connectivity index (χ4n) is 3.57. The summed E-state index contributed by atoms with van der Waals surface area (Å²) in [6.07, 6.45) is -4.34. The second-order valence-corrected chi connectivity index (χ2v) is 6.24. The number of benzene rings is 1. The SMILES string of the molecule is N[C@H](C(=O)OCc1ccccc1)C12CC(C(F)(F)F)(C1)C2. The molecular formula is C15H16F3NO2. The number of hydrogen-bond donors (Lipinski definition) is 1. The summed E-state index contributed by atoms with van der Waals surface area (Å²) in [5, 5.41) is 0. The number of rotatable bonds is 4. The fourth-order valence-corrected chi connectivity index (χ4v) is 3.57. The first-order valence-corrected chi connectivity index (χ1v) is 6.81. The molecule has 4 rings (SSSR count). The van der Waals surface area contributed by atoms with Crippen molar-refractivity contribution in [1.29, 1.82) is 0 Å². The minimum Gasteiger partial charge on any atom is -0.460 e. The Morgan fingerprint density at radius 2 is 1.81 bits per heavy atom. The van der Waals surface area contributed by atoms with E-state index in [0.29, 0.717) is 0 Å². The van der Waals surface area contributed by atoms with Crippen molar-refractivity contribution < 1.29 is 22.7 Å². The van der Waals surface area contributed by atoms with E-state index < -0.39 is 29.0 Å². The van der Waals surface area contributed by atoms with Gasteiger partial charge in [-0.25, -0.2) is 0 Å². The van der Waals surface area contributed by atoms with Crippen molar-refractivity contribution in [3.8, 4) is 0 Å². The lowest BCUT2D eigenvalue weighted by Gasteiger charge is -2.71. The molecule has 1 atom stereocenters. The van der Waals surface area contributed by atoms with Crippen LogP contribution in [0.25, 0.3) is 0 Å². The van der Waals surface area contributed by atoms with Crippen LogP contribution in [-0.2, 0) is 16.1 Å². The van der Waals surface area contributed by atoms with Crippen molar-refractivity contribution in [3.63, 3.8) is 0 Å². The summed E-state index contributed by atoms with van der Waals surface area (Å²) < 4.78 is 43.4. The standard InChI is InChI=1S/C15H16F3NO2/c16-15(17,18)14-7-13(8-14,9-14)11(19)12(20)21-6-10-4-2-1-3-5-10/h1-5,11H,6-9,19H2/t11-,13?,14?/m1/s1. The van der Waals surface area contributed by atoms with Crippen LogP contribution in [0.15, 0.2) is 30.3 Å². The number of carbonyl (C=O) groups excluding carboxylic acids is 1. The third-order valence-corrected chi connectivity index (χ3v) is 4.81. The zero-order valence-electron chi connectivity index (χ0n) is 11.3. The van der Waals surface area contributed by atoms with E-state index in [0.717, 1.165) is 5.56 Å². The summed E-state index contributed by atoms with van der Waals surface area (Å²) in [5.74, 6) is -0.616. The summed E-state index contributed by atoms with van der Waals surface area (Å²) in [6, 6.07) is 8.12. The van der Waals surface area contributed by atoms with E-state index in [1.165, 1.54) is 0 Å². The van der Waals surface area contributed by atoms with Gasteiger partial charge in [-0.15, -0.1) is 0 Å². The fraction of sp³-hybridized carbons (Fsp3) is 0.533.